The van der Waals surface area contributed by atoms with Crippen LogP contribution in [0.25, 0.3) is 0 Å². The molecule has 0 saturated carbocycles. The van der Waals surface area contributed by atoms with Gasteiger partial charge in [0.15, 0.2) is 0 Å². The summed E-state index contributed by atoms with van der Waals surface area (Å²) in [5.41, 5.74) is 15.2. The average Bonchev–Trinajstić information content (AvgIpc) is 2.53. The third kappa shape index (κ3) is 5.56. The van der Waals surface area contributed by atoms with Gasteiger partial charge < -0.3 is 22.1 Å². The quantitative estimate of drug-likeness (QED) is 0.442. The fraction of sp³-hybridized carbons (Fsp3) is 0.333. The second kappa shape index (κ2) is 8.17. The highest BCUT2D eigenvalue weighted by molar-refractivity contribution is 5.51. The average molecular weight is 298 g/mol. The van der Waals surface area contributed by atoms with Crippen LogP contribution in [-0.4, -0.2) is 13.1 Å². The molecule has 6 N–H and O–H groups in total. The molecule has 0 spiro atoms. The van der Waals surface area contributed by atoms with E-state index in [2.05, 4.69) is 17.6 Å². The molecule has 2 aromatic carbocycles. The molecular formula is C18H26N4. The smallest absolute Gasteiger partial charge is 0.0341 e. The molecule has 22 heavy (non-hydrogen) atoms. The number of rotatable bonds is 8. The SMILES string of the molecule is CC(CCCNc1ccc(N)cc1)CNc1ccc(N)cc1. The molecule has 0 bridgehead atoms. The molecule has 2 aromatic rings. The van der Waals surface area contributed by atoms with Gasteiger partial charge in [0.05, 0.1) is 0 Å². The number of nitrogen functional groups attached to an aromatic ring is 2. The van der Waals surface area contributed by atoms with Crippen molar-refractivity contribution >= 4 is 22.7 Å². The first-order valence-electron chi connectivity index (χ1n) is 7.82. The summed E-state index contributed by atoms with van der Waals surface area (Å²) in [5, 5.41) is 6.86. The summed E-state index contributed by atoms with van der Waals surface area (Å²) in [6, 6.07) is 15.7. The van der Waals surface area contributed by atoms with Crippen LogP contribution >= 0.6 is 0 Å². The van der Waals surface area contributed by atoms with E-state index in [0.29, 0.717) is 5.92 Å². The van der Waals surface area contributed by atoms with Crippen LogP contribution in [-0.2, 0) is 0 Å². The first kappa shape index (κ1) is 16.0. The van der Waals surface area contributed by atoms with Crippen molar-refractivity contribution in [2.45, 2.75) is 19.8 Å². The van der Waals surface area contributed by atoms with Crippen molar-refractivity contribution in [3.8, 4) is 0 Å². The lowest BCUT2D eigenvalue weighted by Gasteiger charge is -2.14. The van der Waals surface area contributed by atoms with E-state index in [1.807, 2.05) is 48.5 Å². The molecule has 4 nitrogen and oxygen atoms in total. The van der Waals surface area contributed by atoms with Crippen LogP contribution in [0.15, 0.2) is 48.5 Å². The first-order valence-corrected chi connectivity index (χ1v) is 7.82. The summed E-state index contributed by atoms with van der Waals surface area (Å²) < 4.78 is 0. The zero-order valence-electron chi connectivity index (χ0n) is 13.2. The molecule has 0 radical (unpaired) electrons. The van der Waals surface area contributed by atoms with Gasteiger partial charge in [0, 0.05) is 35.8 Å². The van der Waals surface area contributed by atoms with Gasteiger partial charge in [-0.05, 0) is 67.3 Å². The molecule has 0 heterocycles. The van der Waals surface area contributed by atoms with Gasteiger partial charge in [-0.2, -0.15) is 0 Å². The maximum atomic E-state index is 5.68. The van der Waals surface area contributed by atoms with E-state index in [0.717, 1.165) is 42.3 Å². The maximum Gasteiger partial charge on any atom is 0.0341 e. The first-order chi connectivity index (χ1) is 10.6. The molecule has 0 aliphatic heterocycles. The highest BCUT2D eigenvalue weighted by Gasteiger charge is 2.02. The van der Waals surface area contributed by atoms with Gasteiger partial charge in [-0.1, -0.05) is 6.92 Å². The molecule has 1 unspecified atom stereocenters. The van der Waals surface area contributed by atoms with Crippen molar-refractivity contribution in [2.75, 3.05) is 35.2 Å². The Bertz CT molecular complexity index is 548. The van der Waals surface area contributed by atoms with Crippen LogP contribution in [0.5, 0.6) is 0 Å². The number of nitrogens with one attached hydrogen (secondary N) is 2. The third-order valence-electron chi connectivity index (χ3n) is 3.68. The van der Waals surface area contributed by atoms with Crippen molar-refractivity contribution in [1.29, 1.82) is 0 Å². The summed E-state index contributed by atoms with van der Waals surface area (Å²) >= 11 is 0. The molecule has 4 heteroatoms. The zero-order chi connectivity index (χ0) is 15.8. The Balaban J connectivity index is 1.60. The third-order valence-corrected chi connectivity index (χ3v) is 3.68. The summed E-state index contributed by atoms with van der Waals surface area (Å²) in [6.07, 6.45) is 2.33. The Morgan fingerprint density at radius 1 is 0.818 bits per heavy atom. The van der Waals surface area contributed by atoms with Gasteiger partial charge in [0.1, 0.15) is 0 Å². The second-order valence-corrected chi connectivity index (χ2v) is 5.80. The maximum absolute atomic E-state index is 5.68. The monoisotopic (exact) mass is 298 g/mol. The normalized spacial score (nSPS) is 11.9. The fourth-order valence-electron chi connectivity index (χ4n) is 2.28. The molecule has 118 valence electrons. The lowest BCUT2D eigenvalue weighted by Crippen LogP contribution is -2.13. The van der Waals surface area contributed by atoms with E-state index >= 15 is 0 Å². The minimum Gasteiger partial charge on any atom is -0.399 e. The summed E-state index contributed by atoms with van der Waals surface area (Å²) in [5.74, 6) is 0.630. The highest BCUT2D eigenvalue weighted by Crippen LogP contribution is 2.14. The van der Waals surface area contributed by atoms with Crippen LogP contribution in [0.4, 0.5) is 22.7 Å². The Morgan fingerprint density at radius 3 is 1.86 bits per heavy atom. The lowest BCUT2D eigenvalue weighted by molar-refractivity contribution is 0.543. The van der Waals surface area contributed by atoms with Gasteiger partial charge in [-0.15, -0.1) is 0 Å². The minimum atomic E-state index is 0.630. The number of hydrogen-bond donors (Lipinski definition) is 4. The minimum absolute atomic E-state index is 0.630. The standard InChI is InChI=1S/C18H26N4/c1-14(13-22-18-10-6-16(20)7-11-18)3-2-12-21-17-8-4-15(19)5-9-17/h4-11,14,21-22H,2-3,12-13,19-20H2,1H3. The Labute approximate surface area is 132 Å². The molecule has 0 amide bonds. The molecule has 2 rings (SSSR count). The Kier molecular flexibility index (Phi) is 5.95. The van der Waals surface area contributed by atoms with E-state index in [1.54, 1.807) is 0 Å². The van der Waals surface area contributed by atoms with Crippen molar-refractivity contribution in [3.05, 3.63) is 48.5 Å². The predicted molar refractivity (Wildman–Crippen MR) is 97.1 cm³/mol. The fourth-order valence-corrected chi connectivity index (χ4v) is 2.28. The van der Waals surface area contributed by atoms with Gasteiger partial charge in [0.25, 0.3) is 0 Å². The molecule has 0 fully saturated rings. The zero-order valence-corrected chi connectivity index (χ0v) is 13.2. The molecular weight excluding hydrogens is 272 g/mol. The summed E-state index contributed by atoms with van der Waals surface area (Å²) in [4.78, 5) is 0. The molecule has 1 atom stereocenters. The van der Waals surface area contributed by atoms with E-state index in [4.69, 9.17) is 11.5 Å². The van der Waals surface area contributed by atoms with E-state index in [1.165, 1.54) is 6.42 Å². The van der Waals surface area contributed by atoms with E-state index in [-0.39, 0.29) is 0 Å². The van der Waals surface area contributed by atoms with Gasteiger partial charge in [-0.3, -0.25) is 0 Å². The highest BCUT2D eigenvalue weighted by atomic mass is 14.9. The van der Waals surface area contributed by atoms with Gasteiger partial charge >= 0.3 is 0 Å². The molecule has 0 aliphatic carbocycles. The largest absolute Gasteiger partial charge is 0.399 e. The van der Waals surface area contributed by atoms with Crippen molar-refractivity contribution in [1.82, 2.24) is 0 Å². The van der Waals surface area contributed by atoms with Gasteiger partial charge in [0.2, 0.25) is 0 Å². The van der Waals surface area contributed by atoms with Crippen molar-refractivity contribution in [3.63, 3.8) is 0 Å². The van der Waals surface area contributed by atoms with E-state index < -0.39 is 0 Å². The summed E-state index contributed by atoms with van der Waals surface area (Å²) in [6.45, 7) is 4.23. The van der Waals surface area contributed by atoms with Crippen molar-refractivity contribution < 1.29 is 0 Å². The summed E-state index contributed by atoms with van der Waals surface area (Å²) in [7, 11) is 0. The molecule has 0 aliphatic rings. The number of anilines is 4. The Morgan fingerprint density at radius 2 is 1.32 bits per heavy atom. The number of nitrogens with two attached hydrogens (primary N) is 2. The lowest BCUT2D eigenvalue weighted by atomic mass is 10.1. The second-order valence-electron chi connectivity index (χ2n) is 5.80. The van der Waals surface area contributed by atoms with Crippen LogP contribution in [0.3, 0.4) is 0 Å². The van der Waals surface area contributed by atoms with Crippen LogP contribution in [0, 0.1) is 5.92 Å². The number of benzene rings is 2. The number of hydrogen-bond acceptors (Lipinski definition) is 4. The Hall–Kier alpha value is -2.36. The van der Waals surface area contributed by atoms with Crippen molar-refractivity contribution in [2.24, 2.45) is 5.92 Å². The van der Waals surface area contributed by atoms with Crippen LogP contribution < -0.4 is 22.1 Å². The topological polar surface area (TPSA) is 76.1 Å². The van der Waals surface area contributed by atoms with Crippen LogP contribution in [0.2, 0.25) is 0 Å². The van der Waals surface area contributed by atoms with Gasteiger partial charge in [-0.25, -0.2) is 0 Å². The molecule has 0 saturated heterocycles. The van der Waals surface area contributed by atoms with E-state index in [9.17, 15) is 0 Å². The molecule has 0 aromatic heterocycles. The predicted octanol–water partition coefficient (Wildman–Crippen LogP) is 3.79. The van der Waals surface area contributed by atoms with Crippen LogP contribution in [0.1, 0.15) is 19.8 Å².